The van der Waals surface area contributed by atoms with E-state index < -0.39 is 11.5 Å². The quantitative estimate of drug-likeness (QED) is 0.150. The van der Waals surface area contributed by atoms with Crippen molar-refractivity contribution in [3.8, 4) is 27.6 Å². The van der Waals surface area contributed by atoms with Gasteiger partial charge in [0.05, 0.1) is 29.8 Å². The van der Waals surface area contributed by atoms with Crippen molar-refractivity contribution in [1.82, 2.24) is 4.90 Å². The fraction of sp³-hybridized carbons (Fsp3) is 0.250. The number of nitrogens with zero attached hydrogens (tertiary/aromatic N) is 7. The highest BCUT2D eigenvalue weighted by atomic mass is 32.2. The van der Waals surface area contributed by atoms with Crippen LogP contribution in [0.5, 0.6) is 5.75 Å². The van der Waals surface area contributed by atoms with E-state index in [1.807, 2.05) is 45.0 Å². The predicted molar refractivity (Wildman–Crippen MR) is 196 cm³/mol. The summed E-state index contributed by atoms with van der Waals surface area (Å²) in [6, 6.07) is 7.74. The average Bonchev–Trinajstić information content (AvgIpc) is 3.88. The van der Waals surface area contributed by atoms with Crippen molar-refractivity contribution in [2.75, 3.05) is 6.54 Å². The monoisotopic (exact) mass is 741 g/mol. The van der Waals surface area contributed by atoms with Gasteiger partial charge in [-0.2, -0.15) is 20.2 Å². The predicted octanol–water partition coefficient (Wildman–Crippen LogP) is 9.80. The second-order valence-electron chi connectivity index (χ2n) is 11.0. The van der Waals surface area contributed by atoms with Crippen molar-refractivity contribution < 1.29 is 14.3 Å². The molecule has 3 aliphatic rings. The van der Waals surface area contributed by atoms with E-state index in [4.69, 9.17) is 17.9 Å². The molecule has 0 bridgehead atoms. The van der Waals surface area contributed by atoms with Gasteiger partial charge in [0.15, 0.2) is 21.6 Å². The number of fused-ring (bicyclic) bond motifs is 7. The highest BCUT2D eigenvalue weighted by Gasteiger charge is 2.42. The first-order valence-electron chi connectivity index (χ1n) is 14.3. The number of thioether (sulfide) groups is 2. The van der Waals surface area contributed by atoms with E-state index in [1.54, 1.807) is 29.6 Å². The van der Waals surface area contributed by atoms with E-state index >= 15 is 0 Å². The summed E-state index contributed by atoms with van der Waals surface area (Å²) in [5.41, 5.74) is 0.345. The standard InChI is InChI=1S/C32H19N7O3S6/c1-7-14-20(40)28(47-22(14)13(11-33)12-34)37-17-10-16-24(46-17)21-26(44-16)25-19(32(3,4)42-21)23-15(43-25)9-18(45-23)38-29-30(41)39(8-2)31(48-29)27(35-5)36-6/h9-10,14H,7-8H2,1-4H3. The van der Waals surface area contributed by atoms with Gasteiger partial charge >= 0.3 is 5.82 Å². The number of amides is 1. The molecule has 4 aromatic heterocycles. The van der Waals surface area contributed by atoms with Crippen molar-refractivity contribution >= 4 is 119 Å². The molecule has 2 fully saturated rings. The topological polar surface area (TPSA) is 128 Å². The lowest BCUT2D eigenvalue weighted by Crippen LogP contribution is -2.27. The maximum absolute atomic E-state index is 13.1. The SMILES string of the molecule is [C-]#[N+]C([N+]#[C-])=C1SC(=Nc2cc3sc4c(c3s2)C(C)(C)Oc2c-4sc3cc(N=C4SC(=C(C#N)C#N)C(CC)C4=O)sc23)C(=O)N1CC. The Kier molecular flexibility index (Phi) is 8.08. The normalized spacial score (nSPS) is 19.8. The van der Waals surface area contributed by atoms with Crippen LogP contribution in [0, 0.1) is 41.7 Å². The van der Waals surface area contributed by atoms with Crippen LogP contribution in [0.4, 0.5) is 10.0 Å². The van der Waals surface area contributed by atoms with E-state index in [0.717, 1.165) is 63.4 Å². The Bertz CT molecular complexity index is 2410. The minimum Gasteiger partial charge on any atom is -0.480 e. The molecule has 2 saturated heterocycles. The summed E-state index contributed by atoms with van der Waals surface area (Å²) < 4.78 is 10.7. The molecule has 7 heterocycles. The first-order valence-corrected chi connectivity index (χ1v) is 19.2. The highest BCUT2D eigenvalue weighted by molar-refractivity contribution is 8.20. The van der Waals surface area contributed by atoms with Gasteiger partial charge < -0.3 is 9.64 Å². The number of rotatable bonds is 4. The molecular formula is C32H19N7O3S6. The number of Topliss-reactive ketones (excluding diaryl/α,β-unsaturated/α-hetero) is 1. The Morgan fingerprint density at radius 1 is 0.958 bits per heavy atom. The number of carbonyl (C=O) groups is 2. The van der Waals surface area contributed by atoms with Crippen molar-refractivity contribution in [3.05, 3.63) is 61.9 Å². The van der Waals surface area contributed by atoms with E-state index in [-0.39, 0.29) is 33.2 Å². The van der Waals surface area contributed by atoms with E-state index in [0.29, 0.717) is 32.9 Å². The smallest absolute Gasteiger partial charge is 0.480 e. The Balaban J connectivity index is 1.25. The van der Waals surface area contributed by atoms with Gasteiger partial charge in [-0.05, 0) is 39.3 Å². The summed E-state index contributed by atoms with van der Waals surface area (Å²) >= 11 is 8.37. The van der Waals surface area contributed by atoms with E-state index in [9.17, 15) is 20.1 Å². The molecular weight excluding hydrogens is 723 g/mol. The summed E-state index contributed by atoms with van der Waals surface area (Å²) in [4.78, 5) is 46.2. The van der Waals surface area contributed by atoms with Gasteiger partial charge in [0.25, 0.3) is 5.91 Å². The van der Waals surface area contributed by atoms with Crippen LogP contribution >= 0.6 is 68.9 Å². The summed E-state index contributed by atoms with van der Waals surface area (Å²) in [6.07, 6.45) is 0.485. The summed E-state index contributed by atoms with van der Waals surface area (Å²) in [5, 5.41) is 20.9. The maximum atomic E-state index is 13.1. The number of aliphatic imine (C=N–C) groups is 2. The largest absolute Gasteiger partial charge is 0.550 e. The number of carbonyl (C=O) groups excluding carboxylic acids is 2. The molecule has 0 aliphatic carbocycles. The first-order chi connectivity index (χ1) is 23.1. The third kappa shape index (κ3) is 4.91. The highest BCUT2D eigenvalue weighted by Crippen LogP contribution is 2.61. The lowest BCUT2D eigenvalue weighted by atomic mass is 9.95. The number of nitriles is 2. The summed E-state index contributed by atoms with van der Waals surface area (Å²) in [6.45, 7) is 22.7. The second-order valence-corrected chi connectivity index (χ2v) is 17.1. The number of hydrogen-bond donors (Lipinski definition) is 0. The molecule has 3 aliphatic heterocycles. The van der Waals surface area contributed by atoms with E-state index in [1.165, 1.54) is 27.6 Å². The van der Waals surface area contributed by atoms with Crippen molar-refractivity contribution in [1.29, 1.82) is 10.5 Å². The maximum Gasteiger partial charge on any atom is 0.550 e. The molecule has 236 valence electrons. The van der Waals surface area contributed by atoms with Crippen molar-refractivity contribution in [2.24, 2.45) is 15.9 Å². The average molecular weight is 742 g/mol. The van der Waals surface area contributed by atoms with Gasteiger partial charge in [0.2, 0.25) is 0 Å². The van der Waals surface area contributed by atoms with Crippen LogP contribution in [-0.4, -0.2) is 33.2 Å². The van der Waals surface area contributed by atoms with Crippen LogP contribution < -0.4 is 4.74 Å². The molecule has 0 radical (unpaired) electrons. The van der Waals surface area contributed by atoms with Gasteiger partial charge in [0, 0.05) is 21.7 Å². The summed E-state index contributed by atoms with van der Waals surface area (Å²) in [5.74, 6) is -0.367. The molecule has 16 heteroatoms. The molecule has 1 amide bonds. The number of hydrogen-bond acceptors (Lipinski definition) is 13. The minimum atomic E-state index is -0.677. The number of allylic oxidation sites excluding steroid dienone is 2. The van der Waals surface area contributed by atoms with Crippen molar-refractivity contribution in [2.45, 2.75) is 39.7 Å². The lowest BCUT2D eigenvalue weighted by molar-refractivity contribution is -0.121. The zero-order valence-corrected chi connectivity index (χ0v) is 30.3. The zero-order valence-electron chi connectivity index (χ0n) is 25.5. The fourth-order valence-electron chi connectivity index (χ4n) is 5.64. The van der Waals surface area contributed by atoms with Gasteiger partial charge in [-0.25, -0.2) is 9.98 Å². The van der Waals surface area contributed by atoms with Crippen LogP contribution in [0.15, 0.2) is 43.4 Å². The van der Waals surface area contributed by atoms with Gasteiger partial charge in [-0.1, -0.05) is 30.4 Å². The Morgan fingerprint density at radius 3 is 2.21 bits per heavy atom. The number of ketones is 1. The van der Waals surface area contributed by atoms with Gasteiger partial charge in [-0.15, -0.1) is 45.3 Å². The molecule has 10 nitrogen and oxygen atoms in total. The Hall–Kier alpha value is -4.26. The van der Waals surface area contributed by atoms with Crippen LogP contribution in [0.3, 0.4) is 0 Å². The molecule has 1 atom stereocenters. The fourth-order valence-corrected chi connectivity index (χ4v) is 13.3. The number of thiophene rings is 4. The summed E-state index contributed by atoms with van der Waals surface area (Å²) in [7, 11) is 0. The Labute approximate surface area is 299 Å². The number of ether oxygens (including phenoxy) is 1. The molecule has 48 heavy (non-hydrogen) atoms. The molecule has 4 aromatic rings. The van der Waals surface area contributed by atoms with Crippen LogP contribution in [-0.2, 0) is 15.2 Å². The third-order valence-corrected chi connectivity index (χ3v) is 14.8. The second kappa shape index (κ2) is 12.0. The molecule has 0 N–H and O–H groups in total. The van der Waals surface area contributed by atoms with Crippen LogP contribution in [0.25, 0.3) is 38.2 Å². The van der Waals surface area contributed by atoms with Gasteiger partial charge in [-0.3, -0.25) is 9.59 Å². The lowest BCUT2D eigenvalue weighted by Gasteiger charge is -2.31. The first kappa shape index (κ1) is 32.3. The van der Waals surface area contributed by atoms with Crippen LogP contribution in [0.1, 0.15) is 39.7 Å². The van der Waals surface area contributed by atoms with E-state index in [2.05, 4.69) is 19.7 Å². The zero-order chi connectivity index (χ0) is 34.1. The molecule has 0 aromatic carbocycles. The van der Waals surface area contributed by atoms with Gasteiger partial charge in [0.1, 0.15) is 51.5 Å². The molecule has 7 rings (SSSR count). The molecule has 1 unspecified atom stereocenters. The Morgan fingerprint density at radius 2 is 1.58 bits per heavy atom. The minimum absolute atomic E-state index is 0.0411. The molecule has 0 saturated carbocycles. The van der Waals surface area contributed by atoms with Crippen LogP contribution in [0.2, 0.25) is 0 Å². The molecule has 0 spiro atoms. The third-order valence-electron chi connectivity index (χ3n) is 7.76. The van der Waals surface area contributed by atoms with Crippen molar-refractivity contribution in [3.63, 3.8) is 0 Å².